The van der Waals surface area contributed by atoms with Crippen LogP contribution in [0.2, 0.25) is 0 Å². The van der Waals surface area contributed by atoms with Crippen LogP contribution in [0.3, 0.4) is 0 Å². The predicted octanol–water partition coefficient (Wildman–Crippen LogP) is 2.60. The van der Waals surface area contributed by atoms with Gasteiger partial charge in [-0.15, -0.1) is 0 Å². The molecular formula is C11H17N3O3. The fourth-order valence-electron chi connectivity index (χ4n) is 1.23. The largest absolute Gasteiger partial charge is 0.473 e. The molecule has 0 saturated carbocycles. The molecule has 1 rings (SSSR count). The monoisotopic (exact) mass is 239 g/mol. The Labute approximate surface area is 100 Å². The van der Waals surface area contributed by atoms with E-state index in [0.29, 0.717) is 12.4 Å². The molecule has 0 bridgehead atoms. The van der Waals surface area contributed by atoms with Crippen LogP contribution in [0.25, 0.3) is 0 Å². The Morgan fingerprint density at radius 3 is 2.76 bits per heavy atom. The third-order valence-electron chi connectivity index (χ3n) is 2.04. The van der Waals surface area contributed by atoms with Gasteiger partial charge in [-0.25, -0.2) is 0 Å². The van der Waals surface area contributed by atoms with Crippen molar-refractivity contribution in [2.45, 2.75) is 26.7 Å². The van der Waals surface area contributed by atoms with Crippen LogP contribution in [0.4, 0.5) is 11.5 Å². The number of nitrogens with one attached hydrogen (secondary N) is 1. The maximum Gasteiger partial charge on any atom is 0.331 e. The van der Waals surface area contributed by atoms with Crippen LogP contribution < -0.4 is 10.1 Å². The van der Waals surface area contributed by atoms with Gasteiger partial charge in [0.1, 0.15) is 5.82 Å². The van der Waals surface area contributed by atoms with Crippen LogP contribution in [0, 0.1) is 10.1 Å². The lowest BCUT2D eigenvalue weighted by Gasteiger charge is -2.07. The van der Waals surface area contributed by atoms with E-state index in [0.717, 1.165) is 19.4 Å². The summed E-state index contributed by atoms with van der Waals surface area (Å²) in [5.41, 5.74) is -0.0968. The molecule has 0 aliphatic carbocycles. The first kappa shape index (κ1) is 13.2. The average Bonchev–Trinajstić information content (AvgIpc) is 2.33. The Morgan fingerprint density at radius 2 is 2.18 bits per heavy atom. The van der Waals surface area contributed by atoms with E-state index < -0.39 is 4.92 Å². The van der Waals surface area contributed by atoms with Crippen LogP contribution in [0.5, 0.6) is 5.88 Å². The molecular weight excluding hydrogens is 222 g/mol. The Hall–Kier alpha value is -1.85. The quantitative estimate of drug-likeness (QED) is 0.584. The van der Waals surface area contributed by atoms with Gasteiger partial charge in [-0.3, -0.25) is 10.1 Å². The van der Waals surface area contributed by atoms with Crippen molar-refractivity contribution in [3.05, 3.63) is 22.2 Å². The van der Waals surface area contributed by atoms with Gasteiger partial charge in [0.05, 0.1) is 11.5 Å². The fourth-order valence-corrected chi connectivity index (χ4v) is 1.23. The van der Waals surface area contributed by atoms with E-state index in [2.05, 4.69) is 10.3 Å². The van der Waals surface area contributed by atoms with E-state index >= 15 is 0 Å². The van der Waals surface area contributed by atoms with Crippen molar-refractivity contribution in [2.24, 2.45) is 0 Å². The summed E-state index contributed by atoms with van der Waals surface area (Å²) >= 11 is 0. The number of pyridine rings is 1. The lowest BCUT2D eigenvalue weighted by Crippen LogP contribution is -2.06. The molecule has 0 unspecified atom stereocenters. The van der Waals surface area contributed by atoms with Crippen LogP contribution in [-0.2, 0) is 0 Å². The molecule has 0 aromatic carbocycles. The van der Waals surface area contributed by atoms with E-state index in [1.54, 1.807) is 6.07 Å². The van der Waals surface area contributed by atoms with Crippen molar-refractivity contribution in [3.63, 3.8) is 0 Å². The van der Waals surface area contributed by atoms with Gasteiger partial charge in [-0.05, 0) is 18.9 Å². The molecule has 0 aliphatic heterocycles. The molecule has 1 N–H and O–H groups in total. The van der Waals surface area contributed by atoms with Crippen LogP contribution in [0.15, 0.2) is 12.1 Å². The van der Waals surface area contributed by atoms with Crippen LogP contribution in [0.1, 0.15) is 26.7 Å². The summed E-state index contributed by atoms with van der Waals surface area (Å²) in [7, 11) is 0. The number of nitrogens with zero attached hydrogens (tertiary/aromatic N) is 2. The maximum atomic E-state index is 10.8. The topological polar surface area (TPSA) is 77.3 Å². The van der Waals surface area contributed by atoms with Crippen LogP contribution in [-0.4, -0.2) is 23.1 Å². The van der Waals surface area contributed by atoms with E-state index in [-0.39, 0.29) is 11.6 Å². The number of ether oxygens (including phenoxy) is 1. The van der Waals surface area contributed by atoms with Crippen molar-refractivity contribution in [2.75, 3.05) is 18.5 Å². The van der Waals surface area contributed by atoms with Gasteiger partial charge >= 0.3 is 5.69 Å². The SMILES string of the molecule is CCCNc1ccc([N+](=O)[O-])c(OCCC)n1. The average molecular weight is 239 g/mol. The van der Waals surface area contributed by atoms with Crippen molar-refractivity contribution < 1.29 is 9.66 Å². The number of rotatable bonds is 7. The summed E-state index contributed by atoms with van der Waals surface area (Å²) < 4.78 is 5.28. The highest BCUT2D eigenvalue weighted by atomic mass is 16.6. The standard InChI is InChI=1S/C11H17N3O3/c1-3-7-12-10-6-5-9(14(15)16)11(13-10)17-8-4-2/h5-6H,3-4,7-8H2,1-2H3,(H,12,13). The predicted molar refractivity (Wildman–Crippen MR) is 65.5 cm³/mol. The minimum atomic E-state index is -0.485. The molecule has 1 heterocycles. The van der Waals surface area contributed by atoms with Gasteiger partial charge in [-0.1, -0.05) is 13.8 Å². The third kappa shape index (κ3) is 3.90. The minimum Gasteiger partial charge on any atom is -0.473 e. The molecule has 0 atom stereocenters. The van der Waals surface area contributed by atoms with Gasteiger partial charge < -0.3 is 10.1 Å². The molecule has 6 heteroatoms. The molecule has 0 aliphatic rings. The summed E-state index contributed by atoms with van der Waals surface area (Å²) in [4.78, 5) is 14.4. The Bertz CT molecular complexity index is 382. The van der Waals surface area contributed by atoms with Gasteiger partial charge in [0.2, 0.25) is 0 Å². The van der Waals surface area contributed by atoms with Crippen molar-refractivity contribution in [3.8, 4) is 5.88 Å². The van der Waals surface area contributed by atoms with Crippen LogP contribution >= 0.6 is 0 Å². The van der Waals surface area contributed by atoms with Crippen molar-refractivity contribution >= 4 is 11.5 Å². The van der Waals surface area contributed by atoms with Gasteiger partial charge in [0.25, 0.3) is 5.88 Å². The normalized spacial score (nSPS) is 10.0. The second-order valence-corrected chi connectivity index (χ2v) is 3.55. The zero-order valence-electron chi connectivity index (χ0n) is 10.1. The number of nitro groups is 1. The smallest absolute Gasteiger partial charge is 0.331 e. The molecule has 0 saturated heterocycles. The lowest BCUT2D eigenvalue weighted by atomic mass is 10.4. The number of hydrogen-bond acceptors (Lipinski definition) is 5. The van der Waals surface area contributed by atoms with E-state index in [4.69, 9.17) is 4.74 Å². The van der Waals surface area contributed by atoms with E-state index in [9.17, 15) is 10.1 Å². The highest BCUT2D eigenvalue weighted by molar-refractivity contribution is 5.49. The first-order valence-corrected chi connectivity index (χ1v) is 5.71. The molecule has 0 spiro atoms. The molecule has 17 heavy (non-hydrogen) atoms. The Morgan fingerprint density at radius 1 is 1.41 bits per heavy atom. The highest BCUT2D eigenvalue weighted by Gasteiger charge is 2.17. The zero-order chi connectivity index (χ0) is 12.7. The second kappa shape index (κ2) is 6.67. The highest BCUT2D eigenvalue weighted by Crippen LogP contribution is 2.26. The summed E-state index contributed by atoms with van der Waals surface area (Å²) in [5, 5.41) is 13.8. The van der Waals surface area contributed by atoms with Crippen molar-refractivity contribution in [1.82, 2.24) is 4.98 Å². The first-order chi connectivity index (χ1) is 8.19. The molecule has 0 radical (unpaired) electrons. The molecule has 1 aromatic rings. The third-order valence-corrected chi connectivity index (χ3v) is 2.04. The molecule has 1 aromatic heterocycles. The summed E-state index contributed by atoms with van der Waals surface area (Å²) in [5.74, 6) is 0.682. The summed E-state index contributed by atoms with van der Waals surface area (Å²) in [6, 6.07) is 3.00. The number of aromatic nitrogens is 1. The lowest BCUT2D eigenvalue weighted by molar-refractivity contribution is -0.386. The molecule has 6 nitrogen and oxygen atoms in total. The number of anilines is 1. The minimum absolute atomic E-state index is 0.0814. The molecule has 0 fully saturated rings. The van der Waals surface area contributed by atoms with Crippen molar-refractivity contribution in [1.29, 1.82) is 0 Å². The number of hydrogen-bond donors (Lipinski definition) is 1. The first-order valence-electron chi connectivity index (χ1n) is 5.71. The maximum absolute atomic E-state index is 10.8. The summed E-state index contributed by atoms with van der Waals surface area (Å²) in [6.45, 7) is 5.17. The second-order valence-electron chi connectivity index (χ2n) is 3.55. The van der Waals surface area contributed by atoms with Gasteiger partial charge in [0, 0.05) is 12.6 Å². The molecule has 94 valence electrons. The Balaban J connectivity index is 2.88. The summed E-state index contributed by atoms with van der Waals surface area (Å²) in [6.07, 6.45) is 1.75. The van der Waals surface area contributed by atoms with E-state index in [1.165, 1.54) is 6.07 Å². The van der Waals surface area contributed by atoms with Gasteiger partial charge in [0.15, 0.2) is 0 Å². The van der Waals surface area contributed by atoms with Gasteiger partial charge in [-0.2, -0.15) is 4.98 Å². The molecule has 0 amide bonds. The van der Waals surface area contributed by atoms with E-state index in [1.807, 2.05) is 13.8 Å². The fraction of sp³-hybridized carbons (Fsp3) is 0.545. The zero-order valence-corrected chi connectivity index (χ0v) is 10.1. The Kier molecular flexibility index (Phi) is 5.19.